The summed E-state index contributed by atoms with van der Waals surface area (Å²) in [7, 11) is 0. The van der Waals surface area contributed by atoms with Gasteiger partial charge < -0.3 is 10.2 Å². The molecular formula is C17H26N4O. The molecule has 1 aliphatic carbocycles. The topological polar surface area (TPSA) is 58.1 Å². The molecule has 1 saturated carbocycles. The van der Waals surface area contributed by atoms with Crippen LogP contribution in [0.5, 0.6) is 0 Å². The van der Waals surface area contributed by atoms with Crippen molar-refractivity contribution in [3.8, 4) is 0 Å². The van der Waals surface area contributed by atoms with Crippen molar-refractivity contribution in [1.29, 1.82) is 0 Å². The molecule has 0 bridgehead atoms. The van der Waals surface area contributed by atoms with Gasteiger partial charge in [0.1, 0.15) is 5.82 Å². The van der Waals surface area contributed by atoms with Gasteiger partial charge in [-0.25, -0.2) is 9.97 Å². The number of aryl methyl sites for hydroxylation is 1. The number of carbonyl (C=O) groups is 1. The maximum Gasteiger partial charge on any atom is 0.254 e. The molecule has 1 aromatic heterocycles. The molecule has 5 heteroatoms. The van der Waals surface area contributed by atoms with Gasteiger partial charge in [0.25, 0.3) is 5.91 Å². The monoisotopic (exact) mass is 302 g/mol. The Morgan fingerprint density at radius 3 is 2.68 bits per heavy atom. The van der Waals surface area contributed by atoms with Gasteiger partial charge in [0.2, 0.25) is 0 Å². The first-order valence-electron chi connectivity index (χ1n) is 8.53. The van der Waals surface area contributed by atoms with E-state index in [0.29, 0.717) is 17.3 Å². The van der Waals surface area contributed by atoms with Crippen LogP contribution in [0, 0.1) is 12.8 Å². The fourth-order valence-corrected chi connectivity index (χ4v) is 3.66. The Labute approximate surface area is 132 Å². The normalized spacial score (nSPS) is 23.6. The molecule has 1 atom stereocenters. The van der Waals surface area contributed by atoms with Crippen molar-refractivity contribution in [2.75, 3.05) is 19.6 Å². The molecule has 1 aromatic rings. The highest BCUT2D eigenvalue weighted by Gasteiger charge is 2.29. The minimum Gasteiger partial charge on any atom is -0.352 e. The second kappa shape index (κ2) is 7.18. The fourth-order valence-electron chi connectivity index (χ4n) is 3.66. The lowest BCUT2D eigenvalue weighted by molar-refractivity contribution is 0.0945. The molecule has 0 unspecified atom stereocenters. The molecule has 5 nitrogen and oxygen atoms in total. The van der Waals surface area contributed by atoms with Gasteiger partial charge in [-0.2, -0.15) is 0 Å². The van der Waals surface area contributed by atoms with E-state index in [1.165, 1.54) is 45.1 Å². The standard InChI is InChI=1S/C17H26N4O/c1-13-18-10-15(11-19-13)17(22)20-9-14-7-8-21(12-14)16-5-3-2-4-6-16/h10-11,14,16H,2-9,12H2,1H3,(H,20,22)/t14-/m0/s1. The zero-order valence-corrected chi connectivity index (χ0v) is 13.4. The van der Waals surface area contributed by atoms with Crippen LogP contribution in [-0.4, -0.2) is 46.5 Å². The van der Waals surface area contributed by atoms with Crippen LogP contribution in [-0.2, 0) is 0 Å². The SMILES string of the molecule is Cc1ncc(C(=O)NC[C@@H]2CCN(C3CCCCC3)C2)cn1. The number of carbonyl (C=O) groups excluding carboxylic acids is 1. The van der Waals surface area contributed by atoms with Crippen molar-refractivity contribution in [2.45, 2.75) is 51.5 Å². The van der Waals surface area contributed by atoms with Crippen LogP contribution in [0.2, 0.25) is 0 Å². The van der Waals surface area contributed by atoms with E-state index in [1.54, 1.807) is 12.4 Å². The van der Waals surface area contributed by atoms with Crippen LogP contribution in [0.1, 0.15) is 54.7 Å². The van der Waals surface area contributed by atoms with Gasteiger partial charge in [-0.15, -0.1) is 0 Å². The van der Waals surface area contributed by atoms with Crippen molar-refractivity contribution in [2.24, 2.45) is 5.92 Å². The van der Waals surface area contributed by atoms with Crippen LogP contribution in [0.4, 0.5) is 0 Å². The summed E-state index contributed by atoms with van der Waals surface area (Å²) in [6.07, 6.45) is 11.3. The molecule has 1 aliphatic heterocycles. The molecule has 1 N–H and O–H groups in total. The van der Waals surface area contributed by atoms with Crippen molar-refractivity contribution >= 4 is 5.91 Å². The summed E-state index contributed by atoms with van der Waals surface area (Å²) >= 11 is 0. The third-order valence-electron chi connectivity index (χ3n) is 5.00. The number of nitrogens with zero attached hydrogens (tertiary/aromatic N) is 3. The number of hydrogen-bond donors (Lipinski definition) is 1. The molecule has 3 rings (SSSR count). The Morgan fingerprint density at radius 1 is 1.23 bits per heavy atom. The largest absolute Gasteiger partial charge is 0.352 e. The maximum absolute atomic E-state index is 12.1. The zero-order valence-electron chi connectivity index (χ0n) is 13.4. The first-order valence-corrected chi connectivity index (χ1v) is 8.53. The number of amides is 1. The van der Waals surface area contributed by atoms with Crippen molar-refractivity contribution in [3.05, 3.63) is 23.8 Å². The van der Waals surface area contributed by atoms with E-state index in [1.807, 2.05) is 6.92 Å². The molecule has 2 fully saturated rings. The molecule has 2 heterocycles. The van der Waals surface area contributed by atoms with Gasteiger partial charge in [0, 0.05) is 31.5 Å². The summed E-state index contributed by atoms with van der Waals surface area (Å²) in [5.41, 5.74) is 0.549. The number of hydrogen-bond acceptors (Lipinski definition) is 4. The summed E-state index contributed by atoms with van der Waals surface area (Å²) in [6.45, 7) is 4.91. The van der Waals surface area contributed by atoms with Gasteiger partial charge in [0.15, 0.2) is 0 Å². The summed E-state index contributed by atoms with van der Waals surface area (Å²) < 4.78 is 0. The number of nitrogens with one attached hydrogen (secondary N) is 1. The van der Waals surface area contributed by atoms with Crippen molar-refractivity contribution in [3.63, 3.8) is 0 Å². The quantitative estimate of drug-likeness (QED) is 0.926. The van der Waals surface area contributed by atoms with Gasteiger partial charge in [0.05, 0.1) is 5.56 Å². The summed E-state index contributed by atoms with van der Waals surface area (Å²) in [5, 5.41) is 3.04. The highest BCUT2D eigenvalue weighted by Crippen LogP contribution is 2.27. The molecule has 120 valence electrons. The predicted octanol–water partition coefficient (Wildman–Crippen LogP) is 2.17. The number of likely N-dealkylation sites (tertiary alicyclic amines) is 1. The number of aromatic nitrogens is 2. The molecule has 1 amide bonds. The van der Waals surface area contributed by atoms with Crippen molar-refractivity contribution < 1.29 is 4.79 Å². The Hall–Kier alpha value is -1.49. The van der Waals surface area contributed by atoms with E-state index >= 15 is 0 Å². The molecule has 0 spiro atoms. The minimum absolute atomic E-state index is 0.0592. The Kier molecular flexibility index (Phi) is 5.03. The van der Waals surface area contributed by atoms with E-state index in [9.17, 15) is 4.79 Å². The van der Waals surface area contributed by atoms with Gasteiger partial charge in [-0.05, 0) is 38.6 Å². The van der Waals surface area contributed by atoms with E-state index in [2.05, 4.69) is 20.2 Å². The Morgan fingerprint density at radius 2 is 1.95 bits per heavy atom. The van der Waals surface area contributed by atoms with E-state index in [-0.39, 0.29) is 5.91 Å². The smallest absolute Gasteiger partial charge is 0.254 e. The zero-order chi connectivity index (χ0) is 15.4. The molecule has 1 saturated heterocycles. The minimum atomic E-state index is -0.0592. The maximum atomic E-state index is 12.1. The van der Waals surface area contributed by atoms with Crippen molar-refractivity contribution in [1.82, 2.24) is 20.2 Å². The highest BCUT2D eigenvalue weighted by atomic mass is 16.1. The summed E-state index contributed by atoms with van der Waals surface area (Å²) in [6, 6.07) is 0.792. The Balaban J connectivity index is 1.44. The molecule has 2 aliphatic rings. The van der Waals surface area contributed by atoms with Gasteiger partial charge >= 0.3 is 0 Å². The van der Waals surface area contributed by atoms with Crippen LogP contribution in [0.3, 0.4) is 0 Å². The Bertz CT molecular complexity index is 496. The molecule has 0 radical (unpaired) electrons. The van der Waals surface area contributed by atoms with Gasteiger partial charge in [-0.1, -0.05) is 19.3 Å². The first-order chi connectivity index (χ1) is 10.7. The van der Waals surface area contributed by atoms with Crippen LogP contribution in [0.15, 0.2) is 12.4 Å². The van der Waals surface area contributed by atoms with Crippen LogP contribution in [0.25, 0.3) is 0 Å². The molecular weight excluding hydrogens is 276 g/mol. The lowest BCUT2D eigenvalue weighted by atomic mass is 9.94. The van der Waals surface area contributed by atoms with E-state index in [4.69, 9.17) is 0 Å². The molecule has 0 aromatic carbocycles. The predicted molar refractivity (Wildman–Crippen MR) is 85.7 cm³/mol. The third kappa shape index (κ3) is 3.83. The van der Waals surface area contributed by atoms with Crippen LogP contribution < -0.4 is 5.32 Å². The van der Waals surface area contributed by atoms with Crippen LogP contribution >= 0.6 is 0 Å². The summed E-state index contributed by atoms with van der Waals surface area (Å²) in [5.74, 6) is 1.21. The number of rotatable bonds is 4. The third-order valence-corrected chi connectivity index (χ3v) is 5.00. The van der Waals surface area contributed by atoms with E-state index < -0.39 is 0 Å². The van der Waals surface area contributed by atoms with E-state index in [0.717, 1.165) is 19.1 Å². The summed E-state index contributed by atoms with van der Waals surface area (Å²) in [4.78, 5) is 22.9. The fraction of sp³-hybridized carbons (Fsp3) is 0.706. The second-order valence-corrected chi connectivity index (χ2v) is 6.67. The lowest BCUT2D eigenvalue weighted by Gasteiger charge is -2.31. The second-order valence-electron chi connectivity index (χ2n) is 6.67. The average molecular weight is 302 g/mol. The first kappa shape index (κ1) is 15.4. The van der Waals surface area contributed by atoms with Gasteiger partial charge in [-0.3, -0.25) is 4.79 Å². The average Bonchev–Trinajstić information content (AvgIpc) is 3.03. The lowest BCUT2D eigenvalue weighted by Crippen LogP contribution is -2.36. The molecule has 22 heavy (non-hydrogen) atoms. The highest BCUT2D eigenvalue weighted by molar-refractivity contribution is 5.93.